The fraction of sp³-hybridized carbons (Fsp3) is 0.227. The Morgan fingerprint density at radius 3 is 2.52 bits per heavy atom. The van der Waals surface area contributed by atoms with Crippen molar-refractivity contribution in [2.24, 2.45) is 5.14 Å². The molecule has 0 fully saturated rings. The molecule has 0 aliphatic heterocycles. The second-order valence-corrected chi connectivity index (χ2v) is 9.29. The third kappa shape index (κ3) is 6.76. The van der Waals surface area contributed by atoms with Crippen molar-refractivity contribution >= 4 is 26.0 Å². The van der Waals surface area contributed by atoms with Crippen LogP contribution < -0.4 is 19.9 Å². The van der Waals surface area contributed by atoms with Crippen molar-refractivity contribution in [1.82, 2.24) is 10.3 Å². The predicted molar refractivity (Wildman–Crippen MR) is 122 cm³/mol. The average Bonchev–Trinajstić information content (AvgIpc) is 2.76. The Labute approximate surface area is 190 Å². The minimum atomic E-state index is -3.66. The van der Waals surface area contributed by atoms with Crippen molar-refractivity contribution in [2.75, 3.05) is 13.7 Å². The maximum atomic E-state index is 11.3. The van der Waals surface area contributed by atoms with Crippen LogP contribution in [0.4, 0.5) is 0 Å². The van der Waals surface area contributed by atoms with Gasteiger partial charge in [-0.15, -0.1) is 0 Å². The number of nitrogens with zero attached hydrogens (tertiary/aromatic N) is 1. The zero-order valence-electron chi connectivity index (χ0n) is 17.0. The molecular formula is C22H24BrN3O4S. The van der Waals surface area contributed by atoms with Crippen LogP contribution in [0.5, 0.6) is 11.5 Å². The molecular weight excluding hydrogens is 482 g/mol. The predicted octanol–water partition coefficient (Wildman–Crippen LogP) is 3.41. The number of primary sulfonamides is 1. The summed E-state index contributed by atoms with van der Waals surface area (Å²) in [5, 5.41) is 8.50. The third-order valence-electron chi connectivity index (χ3n) is 4.57. The van der Waals surface area contributed by atoms with Crippen LogP contribution >= 0.6 is 15.9 Å². The van der Waals surface area contributed by atoms with Crippen molar-refractivity contribution in [2.45, 2.75) is 24.5 Å². The Bertz CT molecular complexity index is 1110. The van der Waals surface area contributed by atoms with E-state index in [0.717, 1.165) is 34.1 Å². The highest BCUT2D eigenvalue weighted by Crippen LogP contribution is 2.37. The number of sulfonamides is 1. The summed E-state index contributed by atoms with van der Waals surface area (Å²) < 4.78 is 34.9. The van der Waals surface area contributed by atoms with Gasteiger partial charge in [0.05, 0.1) is 16.5 Å². The first kappa shape index (κ1) is 23.2. The zero-order valence-corrected chi connectivity index (χ0v) is 19.4. The molecule has 3 aromatic rings. The molecule has 3 rings (SSSR count). The molecule has 31 heavy (non-hydrogen) atoms. The van der Waals surface area contributed by atoms with Gasteiger partial charge >= 0.3 is 0 Å². The van der Waals surface area contributed by atoms with Gasteiger partial charge in [0.25, 0.3) is 0 Å². The molecule has 0 radical (unpaired) electrons. The molecule has 0 atom stereocenters. The van der Waals surface area contributed by atoms with Crippen LogP contribution in [0.15, 0.2) is 70.3 Å². The van der Waals surface area contributed by atoms with E-state index in [1.54, 1.807) is 31.6 Å². The maximum absolute atomic E-state index is 11.3. The summed E-state index contributed by atoms with van der Waals surface area (Å²) in [6.45, 7) is 1.77. The monoisotopic (exact) mass is 505 g/mol. The number of hydrogen-bond donors (Lipinski definition) is 2. The van der Waals surface area contributed by atoms with Gasteiger partial charge in [-0.3, -0.25) is 4.98 Å². The van der Waals surface area contributed by atoms with Gasteiger partial charge in [0, 0.05) is 24.5 Å². The number of methoxy groups -OCH3 is 1. The molecule has 0 aliphatic rings. The summed E-state index contributed by atoms with van der Waals surface area (Å²) in [5.41, 5.74) is 3.04. The highest BCUT2D eigenvalue weighted by molar-refractivity contribution is 9.10. The topological polar surface area (TPSA) is 104 Å². The van der Waals surface area contributed by atoms with Gasteiger partial charge in [0.15, 0.2) is 11.5 Å². The normalized spacial score (nSPS) is 11.3. The number of aromatic nitrogens is 1. The number of benzene rings is 2. The first-order chi connectivity index (χ1) is 14.9. The number of ether oxygens (including phenoxy) is 2. The molecule has 7 nitrogen and oxygen atoms in total. The van der Waals surface area contributed by atoms with Gasteiger partial charge in [-0.2, -0.15) is 0 Å². The number of nitrogens with two attached hydrogens (primary N) is 1. The van der Waals surface area contributed by atoms with Crippen molar-refractivity contribution in [3.8, 4) is 11.5 Å². The molecule has 0 saturated heterocycles. The van der Waals surface area contributed by atoms with E-state index in [1.165, 1.54) is 12.1 Å². The second-order valence-electron chi connectivity index (χ2n) is 6.87. The Morgan fingerprint density at radius 2 is 1.87 bits per heavy atom. The second kappa shape index (κ2) is 10.7. The lowest BCUT2D eigenvalue weighted by atomic mass is 10.1. The SMILES string of the molecule is COc1cc(CNCCc2ccc(S(N)(=O)=O)cc2)cc(Br)c1OCc1cccnc1. The van der Waals surface area contributed by atoms with Crippen molar-refractivity contribution in [3.63, 3.8) is 0 Å². The van der Waals surface area contributed by atoms with Gasteiger partial charge in [-0.1, -0.05) is 18.2 Å². The van der Waals surface area contributed by atoms with E-state index >= 15 is 0 Å². The van der Waals surface area contributed by atoms with Crippen LogP contribution in [0.25, 0.3) is 0 Å². The number of rotatable bonds is 10. The summed E-state index contributed by atoms with van der Waals surface area (Å²) in [6, 6.07) is 14.4. The summed E-state index contributed by atoms with van der Waals surface area (Å²) in [6.07, 6.45) is 4.25. The Balaban J connectivity index is 1.55. The molecule has 1 heterocycles. The lowest BCUT2D eigenvalue weighted by Gasteiger charge is -2.15. The highest BCUT2D eigenvalue weighted by atomic mass is 79.9. The van der Waals surface area contributed by atoms with Crippen LogP contribution in [0.1, 0.15) is 16.7 Å². The van der Waals surface area contributed by atoms with E-state index in [4.69, 9.17) is 14.6 Å². The van der Waals surface area contributed by atoms with Gasteiger partial charge in [-0.05, 0) is 70.4 Å². The summed E-state index contributed by atoms with van der Waals surface area (Å²) in [5.74, 6) is 1.29. The first-order valence-corrected chi connectivity index (χ1v) is 11.9. The average molecular weight is 506 g/mol. The van der Waals surface area contributed by atoms with Gasteiger partial charge in [-0.25, -0.2) is 13.6 Å². The van der Waals surface area contributed by atoms with Crippen LogP contribution in [-0.4, -0.2) is 27.1 Å². The minimum absolute atomic E-state index is 0.118. The van der Waals surface area contributed by atoms with Crippen LogP contribution in [-0.2, 0) is 29.6 Å². The number of pyridine rings is 1. The molecule has 0 amide bonds. The third-order valence-corrected chi connectivity index (χ3v) is 6.08. The van der Waals surface area contributed by atoms with E-state index in [2.05, 4.69) is 26.2 Å². The van der Waals surface area contributed by atoms with Crippen LogP contribution in [0.3, 0.4) is 0 Å². The number of hydrogen-bond acceptors (Lipinski definition) is 6. The van der Waals surface area contributed by atoms with Crippen molar-refractivity contribution in [1.29, 1.82) is 0 Å². The lowest BCUT2D eigenvalue weighted by Crippen LogP contribution is -2.17. The molecule has 3 N–H and O–H groups in total. The number of nitrogens with one attached hydrogen (secondary N) is 1. The van der Waals surface area contributed by atoms with Gasteiger partial charge < -0.3 is 14.8 Å². The molecule has 9 heteroatoms. The molecule has 0 spiro atoms. The van der Waals surface area contributed by atoms with Crippen molar-refractivity contribution < 1.29 is 17.9 Å². The molecule has 0 bridgehead atoms. The van der Waals surface area contributed by atoms with Gasteiger partial charge in [0.2, 0.25) is 10.0 Å². The van der Waals surface area contributed by atoms with Gasteiger partial charge in [0.1, 0.15) is 6.61 Å². The van der Waals surface area contributed by atoms with E-state index in [9.17, 15) is 8.42 Å². The van der Waals surface area contributed by atoms with E-state index in [-0.39, 0.29) is 4.90 Å². The largest absolute Gasteiger partial charge is 0.493 e. The van der Waals surface area contributed by atoms with E-state index in [1.807, 2.05) is 24.3 Å². The molecule has 0 unspecified atom stereocenters. The smallest absolute Gasteiger partial charge is 0.238 e. The van der Waals surface area contributed by atoms with E-state index in [0.29, 0.717) is 24.7 Å². The lowest BCUT2D eigenvalue weighted by molar-refractivity contribution is 0.282. The molecule has 0 aliphatic carbocycles. The standard InChI is InChI=1S/C22H24BrN3O4S/c1-29-21-12-18(11-20(23)22(21)30-15-17-3-2-9-25-13-17)14-26-10-8-16-4-6-19(7-5-16)31(24,27)28/h2-7,9,11-13,26H,8,10,14-15H2,1H3,(H2,24,27,28). The molecule has 2 aromatic carbocycles. The maximum Gasteiger partial charge on any atom is 0.238 e. The van der Waals surface area contributed by atoms with Crippen LogP contribution in [0.2, 0.25) is 0 Å². The van der Waals surface area contributed by atoms with Crippen LogP contribution in [0, 0.1) is 0 Å². The summed E-state index contributed by atoms with van der Waals surface area (Å²) >= 11 is 3.57. The zero-order chi connectivity index (χ0) is 22.3. The summed E-state index contributed by atoms with van der Waals surface area (Å²) in [7, 11) is -2.05. The number of halogens is 1. The van der Waals surface area contributed by atoms with E-state index < -0.39 is 10.0 Å². The molecule has 0 saturated carbocycles. The minimum Gasteiger partial charge on any atom is -0.493 e. The molecule has 164 valence electrons. The molecule has 1 aromatic heterocycles. The Hall–Kier alpha value is -2.46. The Morgan fingerprint density at radius 1 is 1.10 bits per heavy atom. The fourth-order valence-corrected chi connectivity index (χ4v) is 4.08. The highest BCUT2D eigenvalue weighted by Gasteiger charge is 2.12. The first-order valence-electron chi connectivity index (χ1n) is 9.57. The summed E-state index contributed by atoms with van der Waals surface area (Å²) in [4.78, 5) is 4.21. The van der Waals surface area contributed by atoms with Crippen molar-refractivity contribution in [3.05, 3.63) is 82.1 Å². The Kier molecular flexibility index (Phi) is 8.03. The fourth-order valence-electron chi connectivity index (χ4n) is 2.97. The quantitative estimate of drug-likeness (QED) is 0.409.